The Labute approximate surface area is 99.3 Å². The van der Waals surface area contributed by atoms with Gasteiger partial charge in [0.15, 0.2) is 5.96 Å². The number of nitrogens with two attached hydrogens (primary N) is 1. The summed E-state index contributed by atoms with van der Waals surface area (Å²) in [5.41, 5.74) is 7.21. The molecule has 0 saturated heterocycles. The molecular formula is C10H13Cl2N3. The number of benzene rings is 1. The van der Waals surface area contributed by atoms with Gasteiger partial charge < -0.3 is 11.1 Å². The van der Waals surface area contributed by atoms with E-state index >= 15 is 0 Å². The van der Waals surface area contributed by atoms with Gasteiger partial charge in [0, 0.05) is 11.6 Å². The lowest BCUT2D eigenvalue weighted by molar-refractivity contribution is 1.12. The summed E-state index contributed by atoms with van der Waals surface area (Å²) in [7, 11) is 0. The highest BCUT2D eigenvalue weighted by atomic mass is 35.5. The summed E-state index contributed by atoms with van der Waals surface area (Å²) >= 11 is 12.0. The third-order valence-corrected chi connectivity index (χ3v) is 2.56. The van der Waals surface area contributed by atoms with Crippen LogP contribution in [0.5, 0.6) is 0 Å². The number of nitrogens with one attached hydrogen (secondary N) is 1. The van der Waals surface area contributed by atoms with Crippen LogP contribution in [0.3, 0.4) is 0 Å². The molecule has 15 heavy (non-hydrogen) atoms. The van der Waals surface area contributed by atoms with Crippen LogP contribution in [-0.4, -0.2) is 12.5 Å². The molecule has 1 aromatic carbocycles. The minimum Gasteiger partial charge on any atom is -0.370 e. The Morgan fingerprint density at radius 2 is 2.07 bits per heavy atom. The SMILES string of the molecule is CCN=C(N)Nc1cc(Cl)c(C)cc1Cl. The zero-order valence-electron chi connectivity index (χ0n) is 8.64. The predicted molar refractivity (Wildman–Crippen MR) is 67.0 cm³/mol. The molecule has 0 aliphatic heterocycles. The number of guanidine groups is 1. The second kappa shape index (κ2) is 5.24. The molecule has 0 aromatic heterocycles. The second-order valence-corrected chi connectivity index (χ2v) is 3.88. The van der Waals surface area contributed by atoms with Crippen molar-refractivity contribution in [3.63, 3.8) is 0 Å². The highest BCUT2D eigenvalue weighted by Gasteiger charge is 2.05. The molecule has 0 spiro atoms. The fraction of sp³-hybridized carbons (Fsp3) is 0.300. The van der Waals surface area contributed by atoms with Gasteiger partial charge in [0.05, 0.1) is 10.7 Å². The molecule has 3 N–H and O–H groups in total. The van der Waals surface area contributed by atoms with Gasteiger partial charge in [-0.15, -0.1) is 0 Å². The Hall–Kier alpha value is -0.930. The van der Waals surface area contributed by atoms with E-state index in [1.165, 1.54) is 0 Å². The van der Waals surface area contributed by atoms with E-state index in [2.05, 4.69) is 10.3 Å². The molecular weight excluding hydrogens is 233 g/mol. The van der Waals surface area contributed by atoms with Crippen LogP contribution in [0.15, 0.2) is 17.1 Å². The van der Waals surface area contributed by atoms with Gasteiger partial charge in [-0.1, -0.05) is 23.2 Å². The first-order valence-electron chi connectivity index (χ1n) is 4.57. The van der Waals surface area contributed by atoms with E-state index in [9.17, 15) is 0 Å². The van der Waals surface area contributed by atoms with Gasteiger partial charge in [0.2, 0.25) is 0 Å². The number of rotatable bonds is 2. The maximum absolute atomic E-state index is 6.01. The van der Waals surface area contributed by atoms with E-state index in [0.717, 1.165) is 5.56 Å². The fourth-order valence-corrected chi connectivity index (χ4v) is 1.52. The van der Waals surface area contributed by atoms with E-state index < -0.39 is 0 Å². The summed E-state index contributed by atoms with van der Waals surface area (Å²) in [5.74, 6) is 0.333. The maximum Gasteiger partial charge on any atom is 0.193 e. The van der Waals surface area contributed by atoms with Crippen molar-refractivity contribution < 1.29 is 0 Å². The Balaban J connectivity index is 2.95. The molecule has 1 rings (SSSR count). The average Bonchev–Trinajstić information content (AvgIpc) is 2.14. The summed E-state index contributed by atoms with van der Waals surface area (Å²) < 4.78 is 0. The Kier molecular flexibility index (Phi) is 4.24. The summed E-state index contributed by atoms with van der Waals surface area (Å²) in [6.45, 7) is 4.41. The number of hydrogen-bond acceptors (Lipinski definition) is 1. The lowest BCUT2D eigenvalue weighted by Crippen LogP contribution is -2.22. The zero-order valence-corrected chi connectivity index (χ0v) is 10.2. The van der Waals surface area contributed by atoms with Crippen LogP contribution in [0.2, 0.25) is 10.0 Å². The Bertz CT molecular complexity index is 388. The van der Waals surface area contributed by atoms with Crippen LogP contribution in [0, 0.1) is 6.92 Å². The molecule has 0 aliphatic rings. The van der Waals surface area contributed by atoms with Crippen molar-refractivity contribution in [2.24, 2.45) is 10.7 Å². The molecule has 0 radical (unpaired) electrons. The molecule has 5 heteroatoms. The van der Waals surface area contributed by atoms with E-state index in [1.54, 1.807) is 12.1 Å². The van der Waals surface area contributed by atoms with Crippen molar-refractivity contribution in [3.8, 4) is 0 Å². The van der Waals surface area contributed by atoms with E-state index in [-0.39, 0.29) is 0 Å². The van der Waals surface area contributed by atoms with Gasteiger partial charge >= 0.3 is 0 Å². The van der Waals surface area contributed by atoms with E-state index in [0.29, 0.717) is 28.2 Å². The highest BCUT2D eigenvalue weighted by Crippen LogP contribution is 2.28. The smallest absolute Gasteiger partial charge is 0.193 e. The van der Waals surface area contributed by atoms with Crippen LogP contribution in [0.25, 0.3) is 0 Å². The van der Waals surface area contributed by atoms with Crippen molar-refractivity contribution in [1.82, 2.24) is 0 Å². The Morgan fingerprint density at radius 3 is 2.67 bits per heavy atom. The van der Waals surface area contributed by atoms with Gasteiger partial charge in [0.1, 0.15) is 0 Å². The molecule has 0 atom stereocenters. The predicted octanol–water partition coefficient (Wildman–Crippen LogP) is 3.05. The number of aryl methyl sites for hydroxylation is 1. The summed E-state index contributed by atoms with van der Waals surface area (Å²) in [5, 5.41) is 4.11. The topological polar surface area (TPSA) is 50.4 Å². The van der Waals surface area contributed by atoms with Crippen molar-refractivity contribution in [2.75, 3.05) is 11.9 Å². The van der Waals surface area contributed by atoms with Crippen LogP contribution in [-0.2, 0) is 0 Å². The number of aliphatic imine (C=N–C) groups is 1. The normalized spacial score (nSPS) is 11.6. The second-order valence-electron chi connectivity index (χ2n) is 3.07. The number of halogens is 2. The molecule has 0 heterocycles. The average molecular weight is 246 g/mol. The summed E-state index contributed by atoms with van der Waals surface area (Å²) in [6.07, 6.45) is 0. The largest absolute Gasteiger partial charge is 0.370 e. The first-order chi connectivity index (χ1) is 7.04. The molecule has 1 aromatic rings. The highest BCUT2D eigenvalue weighted by molar-refractivity contribution is 6.36. The molecule has 82 valence electrons. The third-order valence-electron chi connectivity index (χ3n) is 1.84. The number of anilines is 1. The fourth-order valence-electron chi connectivity index (χ4n) is 1.09. The van der Waals surface area contributed by atoms with Crippen molar-refractivity contribution in [1.29, 1.82) is 0 Å². The van der Waals surface area contributed by atoms with Gasteiger partial charge in [-0.25, -0.2) is 0 Å². The Morgan fingerprint density at radius 1 is 1.40 bits per heavy atom. The molecule has 0 saturated carbocycles. The summed E-state index contributed by atoms with van der Waals surface area (Å²) in [4.78, 5) is 3.99. The van der Waals surface area contributed by atoms with Gasteiger partial charge in [-0.2, -0.15) is 0 Å². The molecule has 3 nitrogen and oxygen atoms in total. The molecule has 0 aliphatic carbocycles. The molecule has 0 fully saturated rings. The van der Waals surface area contributed by atoms with Gasteiger partial charge in [0.25, 0.3) is 0 Å². The lowest BCUT2D eigenvalue weighted by atomic mass is 10.2. The maximum atomic E-state index is 6.01. The van der Waals surface area contributed by atoms with Crippen molar-refractivity contribution in [3.05, 3.63) is 27.7 Å². The first-order valence-corrected chi connectivity index (χ1v) is 5.32. The van der Waals surface area contributed by atoms with Crippen molar-refractivity contribution in [2.45, 2.75) is 13.8 Å². The van der Waals surface area contributed by atoms with E-state index in [4.69, 9.17) is 28.9 Å². The zero-order chi connectivity index (χ0) is 11.4. The third kappa shape index (κ3) is 3.29. The first kappa shape index (κ1) is 12.1. The number of hydrogen-bond donors (Lipinski definition) is 2. The number of nitrogens with zero attached hydrogens (tertiary/aromatic N) is 1. The van der Waals surface area contributed by atoms with Crippen LogP contribution in [0.1, 0.15) is 12.5 Å². The quantitative estimate of drug-likeness (QED) is 0.622. The van der Waals surface area contributed by atoms with Crippen LogP contribution >= 0.6 is 23.2 Å². The minimum atomic E-state index is 0.333. The van der Waals surface area contributed by atoms with Crippen molar-refractivity contribution >= 4 is 34.8 Å². The standard InChI is InChI=1S/C10H13Cl2N3/c1-3-14-10(13)15-9-5-7(11)6(2)4-8(9)12/h4-5H,3H2,1-2H3,(H3,13,14,15). The van der Waals surface area contributed by atoms with Gasteiger partial charge in [-0.05, 0) is 31.5 Å². The van der Waals surface area contributed by atoms with Crippen LogP contribution in [0.4, 0.5) is 5.69 Å². The molecule has 0 unspecified atom stereocenters. The lowest BCUT2D eigenvalue weighted by Gasteiger charge is -2.09. The van der Waals surface area contributed by atoms with Crippen LogP contribution < -0.4 is 11.1 Å². The van der Waals surface area contributed by atoms with E-state index in [1.807, 2.05) is 13.8 Å². The molecule has 0 amide bonds. The summed E-state index contributed by atoms with van der Waals surface area (Å²) in [6, 6.07) is 3.52. The minimum absolute atomic E-state index is 0.333. The van der Waals surface area contributed by atoms with Gasteiger partial charge in [-0.3, -0.25) is 4.99 Å². The molecule has 0 bridgehead atoms. The monoisotopic (exact) mass is 245 g/mol.